The molecule has 2 aliphatic heterocycles. The zero-order valence-electron chi connectivity index (χ0n) is 14.9. The average Bonchev–Trinajstić information content (AvgIpc) is 3.38. The third-order valence-corrected chi connectivity index (χ3v) is 5.95. The maximum Gasteiger partial charge on any atom is 0.409 e. The first-order chi connectivity index (χ1) is 11.6. The summed E-state index contributed by atoms with van der Waals surface area (Å²) < 4.78 is 20.3. The molecule has 3 rings (SSSR count). The van der Waals surface area contributed by atoms with Crippen molar-refractivity contribution >= 4 is 6.09 Å². The van der Waals surface area contributed by atoms with E-state index in [1.54, 1.807) is 4.90 Å². The Morgan fingerprint density at radius 2 is 2.04 bits per heavy atom. The van der Waals surface area contributed by atoms with E-state index >= 15 is 0 Å². The molecule has 0 unspecified atom stereocenters. The zero-order valence-corrected chi connectivity index (χ0v) is 14.9. The van der Waals surface area contributed by atoms with Crippen LogP contribution in [0.1, 0.15) is 45.4 Å². The molecule has 2 atom stereocenters. The van der Waals surface area contributed by atoms with E-state index < -0.39 is 5.67 Å². The monoisotopic (exact) mass is 341 g/mol. The molecule has 0 radical (unpaired) electrons. The van der Waals surface area contributed by atoms with E-state index in [9.17, 15) is 9.18 Å². The van der Waals surface area contributed by atoms with Gasteiger partial charge in [-0.2, -0.15) is 0 Å². The van der Waals surface area contributed by atoms with Gasteiger partial charge in [0, 0.05) is 38.5 Å². The Morgan fingerprint density at radius 1 is 1.33 bits per heavy atom. The Balaban J connectivity index is 1.33. The largest absolute Gasteiger partial charge is 0.449 e. The van der Waals surface area contributed by atoms with Gasteiger partial charge in [0.1, 0.15) is 5.67 Å². The normalized spacial score (nSPS) is 30.2. The van der Waals surface area contributed by atoms with Gasteiger partial charge in [-0.05, 0) is 44.2 Å². The van der Waals surface area contributed by atoms with Crippen LogP contribution in [0.3, 0.4) is 0 Å². The standard InChI is InChI=1S/C18H32FN3O2/c1-2-15-11-16(15)21-13-18(19)5-9-22(10-6-18)17(23)24-12-14-3-7-20-8-4-14/h14-16,20-21H,2-13H2,1H3/t15-,16-/m1/s1. The lowest BCUT2D eigenvalue weighted by Crippen LogP contribution is -2.49. The van der Waals surface area contributed by atoms with Crippen LogP contribution in [0.2, 0.25) is 0 Å². The van der Waals surface area contributed by atoms with Crippen LogP contribution in [0.5, 0.6) is 0 Å². The minimum absolute atomic E-state index is 0.267. The summed E-state index contributed by atoms with van der Waals surface area (Å²) in [4.78, 5) is 13.8. The number of likely N-dealkylation sites (tertiary alicyclic amines) is 1. The third kappa shape index (κ3) is 4.82. The van der Waals surface area contributed by atoms with Crippen LogP contribution < -0.4 is 10.6 Å². The number of alkyl halides is 1. The van der Waals surface area contributed by atoms with Gasteiger partial charge >= 0.3 is 6.09 Å². The number of carbonyl (C=O) groups excluding carboxylic acids is 1. The van der Waals surface area contributed by atoms with Crippen LogP contribution in [0.25, 0.3) is 0 Å². The van der Waals surface area contributed by atoms with E-state index in [1.807, 2.05) is 0 Å². The number of amides is 1. The molecule has 0 aromatic heterocycles. The summed E-state index contributed by atoms with van der Waals surface area (Å²) in [5, 5.41) is 6.67. The number of nitrogens with zero attached hydrogens (tertiary/aromatic N) is 1. The summed E-state index contributed by atoms with van der Waals surface area (Å²) in [5.41, 5.74) is -1.17. The van der Waals surface area contributed by atoms with E-state index in [2.05, 4.69) is 17.6 Å². The maximum atomic E-state index is 14.9. The molecule has 5 nitrogen and oxygen atoms in total. The van der Waals surface area contributed by atoms with Gasteiger partial charge in [0.2, 0.25) is 0 Å². The number of halogens is 1. The first kappa shape index (κ1) is 17.9. The predicted molar refractivity (Wildman–Crippen MR) is 91.8 cm³/mol. The fraction of sp³-hybridized carbons (Fsp3) is 0.944. The lowest BCUT2D eigenvalue weighted by atomic mass is 9.93. The van der Waals surface area contributed by atoms with Crippen molar-refractivity contribution in [2.24, 2.45) is 11.8 Å². The quantitative estimate of drug-likeness (QED) is 0.778. The van der Waals surface area contributed by atoms with E-state index in [-0.39, 0.29) is 6.09 Å². The van der Waals surface area contributed by atoms with Gasteiger partial charge in [0.05, 0.1) is 6.61 Å². The molecule has 0 spiro atoms. The van der Waals surface area contributed by atoms with Gasteiger partial charge in [-0.3, -0.25) is 0 Å². The maximum absolute atomic E-state index is 14.9. The van der Waals surface area contributed by atoms with Gasteiger partial charge in [0.25, 0.3) is 0 Å². The lowest BCUT2D eigenvalue weighted by molar-refractivity contribution is 0.0361. The van der Waals surface area contributed by atoms with Crippen molar-refractivity contribution in [3.63, 3.8) is 0 Å². The smallest absolute Gasteiger partial charge is 0.409 e. The molecule has 138 valence electrons. The number of nitrogens with one attached hydrogen (secondary N) is 2. The highest BCUT2D eigenvalue weighted by Crippen LogP contribution is 2.34. The molecule has 0 aromatic carbocycles. The number of piperidine rings is 2. The number of hydrogen-bond acceptors (Lipinski definition) is 4. The van der Waals surface area contributed by atoms with Gasteiger partial charge in [0.15, 0.2) is 0 Å². The molecule has 1 amide bonds. The van der Waals surface area contributed by atoms with Crippen LogP contribution in [-0.4, -0.2) is 62.0 Å². The second kappa shape index (κ2) is 8.00. The lowest BCUT2D eigenvalue weighted by Gasteiger charge is -2.36. The van der Waals surface area contributed by atoms with Crippen LogP contribution in [0, 0.1) is 11.8 Å². The molecule has 24 heavy (non-hydrogen) atoms. The summed E-state index contributed by atoms with van der Waals surface area (Å²) in [6.45, 7) is 6.04. The molecule has 2 N–H and O–H groups in total. The molecule has 3 aliphatic rings. The molecular weight excluding hydrogens is 309 g/mol. The van der Waals surface area contributed by atoms with E-state index in [4.69, 9.17) is 4.74 Å². The number of ether oxygens (including phenoxy) is 1. The predicted octanol–water partition coefficient (Wildman–Crippen LogP) is 2.31. The Hall–Kier alpha value is -0.880. The van der Waals surface area contributed by atoms with Crippen molar-refractivity contribution in [1.82, 2.24) is 15.5 Å². The molecule has 2 saturated heterocycles. The van der Waals surface area contributed by atoms with Crippen molar-refractivity contribution in [3.05, 3.63) is 0 Å². The van der Waals surface area contributed by atoms with Crippen molar-refractivity contribution in [2.75, 3.05) is 39.3 Å². The second-order valence-electron chi connectivity index (χ2n) is 7.80. The summed E-state index contributed by atoms with van der Waals surface area (Å²) in [6.07, 6.45) is 5.03. The average molecular weight is 341 g/mol. The molecule has 0 bridgehead atoms. The summed E-state index contributed by atoms with van der Waals surface area (Å²) >= 11 is 0. The molecule has 6 heteroatoms. The minimum Gasteiger partial charge on any atom is -0.449 e. The molecule has 1 aliphatic carbocycles. The molecule has 3 fully saturated rings. The summed E-state index contributed by atoms with van der Waals surface area (Å²) in [7, 11) is 0. The molecule has 2 heterocycles. The third-order valence-electron chi connectivity index (χ3n) is 5.95. The van der Waals surface area contributed by atoms with E-state index in [0.717, 1.165) is 31.8 Å². The Bertz CT molecular complexity index is 420. The fourth-order valence-corrected chi connectivity index (χ4v) is 3.86. The fourth-order valence-electron chi connectivity index (χ4n) is 3.86. The molecular formula is C18H32FN3O2. The summed E-state index contributed by atoms with van der Waals surface area (Å²) in [6, 6.07) is 0.510. The Labute approximate surface area is 144 Å². The van der Waals surface area contributed by atoms with Gasteiger partial charge in [-0.15, -0.1) is 0 Å². The zero-order chi connectivity index (χ0) is 17.0. The highest BCUT2D eigenvalue weighted by Gasteiger charge is 2.40. The number of rotatable bonds is 6. The van der Waals surface area contributed by atoms with E-state index in [0.29, 0.717) is 51.0 Å². The van der Waals surface area contributed by atoms with E-state index in [1.165, 1.54) is 12.8 Å². The van der Waals surface area contributed by atoms with Crippen LogP contribution >= 0.6 is 0 Å². The van der Waals surface area contributed by atoms with Gasteiger partial charge in [-0.25, -0.2) is 9.18 Å². The summed E-state index contributed by atoms with van der Waals surface area (Å²) in [5.74, 6) is 1.20. The van der Waals surface area contributed by atoms with Crippen molar-refractivity contribution < 1.29 is 13.9 Å². The van der Waals surface area contributed by atoms with Crippen LogP contribution in [0.15, 0.2) is 0 Å². The minimum atomic E-state index is -1.17. The molecule has 0 aromatic rings. The highest BCUT2D eigenvalue weighted by atomic mass is 19.1. The van der Waals surface area contributed by atoms with Crippen molar-refractivity contribution in [1.29, 1.82) is 0 Å². The van der Waals surface area contributed by atoms with Gasteiger partial charge in [-0.1, -0.05) is 13.3 Å². The first-order valence-corrected chi connectivity index (χ1v) is 9.64. The van der Waals surface area contributed by atoms with Crippen molar-refractivity contribution in [3.8, 4) is 0 Å². The second-order valence-corrected chi connectivity index (χ2v) is 7.80. The Morgan fingerprint density at radius 3 is 2.67 bits per heavy atom. The first-order valence-electron chi connectivity index (χ1n) is 9.64. The van der Waals surface area contributed by atoms with Crippen LogP contribution in [-0.2, 0) is 4.74 Å². The van der Waals surface area contributed by atoms with Gasteiger partial charge < -0.3 is 20.3 Å². The number of carbonyl (C=O) groups is 1. The SMILES string of the molecule is CC[C@@H]1C[C@H]1NCC1(F)CCN(C(=O)OCC2CCNCC2)CC1. The van der Waals surface area contributed by atoms with Crippen LogP contribution in [0.4, 0.5) is 9.18 Å². The highest BCUT2D eigenvalue weighted by molar-refractivity contribution is 5.67. The molecule has 1 saturated carbocycles. The Kier molecular flexibility index (Phi) is 5.98. The topological polar surface area (TPSA) is 53.6 Å². The van der Waals surface area contributed by atoms with Crippen molar-refractivity contribution in [2.45, 2.75) is 57.2 Å². The number of hydrogen-bond donors (Lipinski definition) is 2.